The number of carbonyl (C=O) groups is 1. The second kappa shape index (κ2) is 10.7. The lowest BCUT2D eigenvalue weighted by Crippen LogP contribution is -2.48. The van der Waals surface area contributed by atoms with Gasteiger partial charge >= 0.3 is 0 Å². The standard InChI is InChI=1S/C23H31N5O4/c1-6-24-23-25-16(2)13-20(26-23)27-9-11-28(12-10-27)21(29)8-7-17-14-18(30-3)22(32-5)19(15-17)31-4/h7-8,13-15H,6,9-12H2,1-5H3,(H,24,25,26)/b8-7+. The van der Waals surface area contributed by atoms with Crippen LogP contribution in [0.5, 0.6) is 17.2 Å². The molecule has 1 aromatic carbocycles. The average Bonchev–Trinajstić information content (AvgIpc) is 2.81. The molecule has 0 unspecified atom stereocenters. The summed E-state index contributed by atoms with van der Waals surface area (Å²) in [5.74, 6) is 3.09. The Bertz CT molecular complexity index is 946. The third-order valence-corrected chi connectivity index (χ3v) is 5.20. The molecule has 1 aliphatic heterocycles. The summed E-state index contributed by atoms with van der Waals surface area (Å²) < 4.78 is 16.1. The number of rotatable bonds is 8. The summed E-state index contributed by atoms with van der Waals surface area (Å²) in [7, 11) is 4.69. The number of aromatic nitrogens is 2. The van der Waals surface area contributed by atoms with Crippen molar-refractivity contribution in [2.75, 3.05) is 64.3 Å². The van der Waals surface area contributed by atoms with E-state index in [9.17, 15) is 4.79 Å². The minimum absolute atomic E-state index is 0.0365. The van der Waals surface area contributed by atoms with Gasteiger partial charge in [-0.2, -0.15) is 4.98 Å². The molecule has 0 bridgehead atoms. The van der Waals surface area contributed by atoms with Crippen molar-refractivity contribution < 1.29 is 19.0 Å². The Morgan fingerprint density at radius 3 is 2.25 bits per heavy atom. The van der Waals surface area contributed by atoms with Gasteiger partial charge in [0.05, 0.1) is 21.3 Å². The van der Waals surface area contributed by atoms with Crippen molar-refractivity contribution in [1.29, 1.82) is 0 Å². The van der Waals surface area contributed by atoms with Crippen molar-refractivity contribution in [3.8, 4) is 17.2 Å². The van der Waals surface area contributed by atoms with Crippen molar-refractivity contribution >= 4 is 23.7 Å². The smallest absolute Gasteiger partial charge is 0.246 e. The number of methoxy groups -OCH3 is 3. The zero-order chi connectivity index (χ0) is 23.1. The maximum atomic E-state index is 12.7. The van der Waals surface area contributed by atoms with Gasteiger partial charge < -0.3 is 29.3 Å². The molecule has 1 aromatic heterocycles. The number of carbonyl (C=O) groups excluding carboxylic acids is 1. The van der Waals surface area contributed by atoms with Crippen LogP contribution in [0.2, 0.25) is 0 Å². The summed E-state index contributed by atoms with van der Waals surface area (Å²) in [6, 6.07) is 5.59. The molecule has 1 saturated heterocycles. The average molecular weight is 442 g/mol. The minimum Gasteiger partial charge on any atom is -0.493 e. The minimum atomic E-state index is -0.0365. The Hall–Kier alpha value is -3.49. The Balaban J connectivity index is 1.64. The first-order chi connectivity index (χ1) is 15.5. The summed E-state index contributed by atoms with van der Waals surface area (Å²) >= 11 is 0. The normalized spacial score (nSPS) is 13.9. The first-order valence-corrected chi connectivity index (χ1v) is 10.6. The van der Waals surface area contributed by atoms with Crippen LogP contribution in [0.1, 0.15) is 18.2 Å². The molecular formula is C23H31N5O4. The van der Waals surface area contributed by atoms with Crippen molar-refractivity contribution in [2.24, 2.45) is 0 Å². The van der Waals surface area contributed by atoms with E-state index in [0.717, 1.165) is 23.6 Å². The highest BCUT2D eigenvalue weighted by Gasteiger charge is 2.21. The molecule has 1 fully saturated rings. The quantitative estimate of drug-likeness (QED) is 0.626. The number of hydrogen-bond acceptors (Lipinski definition) is 8. The molecule has 0 atom stereocenters. The summed E-state index contributed by atoms with van der Waals surface area (Å²) in [6.07, 6.45) is 3.34. The van der Waals surface area contributed by atoms with Gasteiger partial charge in [-0.15, -0.1) is 0 Å². The van der Waals surface area contributed by atoms with Gasteiger partial charge in [-0.05, 0) is 37.6 Å². The summed E-state index contributed by atoms with van der Waals surface area (Å²) in [6.45, 7) is 7.41. The predicted molar refractivity (Wildman–Crippen MR) is 125 cm³/mol. The molecule has 0 radical (unpaired) electrons. The van der Waals surface area contributed by atoms with Gasteiger partial charge in [0.2, 0.25) is 17.6 Å². The number of nitrogens with zero attached hydrogens (tertiary/aromatic N) is 4. The molecule has 2 aromatic rings. The molecule has 9 nitrogen and oxygen atoms in total. The molecule has 1 N–H and O–H groups in total. The van der Waals surface area contributed by atoms with Gasteiger partial charge in [-0.25, -0.2) is 4.98 Å². The number of hydrogen-bond donors (Lipinski definition) is 1. The monoisotopic (exact) mass is 441 g/mol. The summed E-state index contributed by atoms with van der Waals surface area (Å²) in [5, 5.41) is 3.16. The van der Waals surface area contributed by atoms with Gasteiger partial charge in [-0.1, -0.05) is 0 Å². The van der Waals surface area contributed by atoms with Gasteiger partial charge in [0.25, 0.3) is 0 Å². The fraction of sp³-hybridized carbons (Fsp3) is 0.435. The van der Waals surface area contributed by atoms with Crippen molar-refractivity contribution in [2.45, 2.75) is 13.8 Å². The van der Waals surface area contributed by atoms with E-state index in [4.69, 9.17) is 14.2 Å². The van der Waals surface area contributed by atoms with E-state index in [1.165, 1.54) is 0 Å². The lowest BCUT2D eigenvalue weighted by Gasteiger charge is -2.35. The van der Waals surface area contributed by atoms with Gasteiger partial charge in [0, 0.05) is 50.6 Å². The highest BCUT2D eigenvalue weighted by molar-refractivity contribution is 5.92. The van der Waals surface area contributed by atoms with Gasteiger partial charge in [-0.3, -0.25) is 4.79 Å². The van der Waals surface area contributed by atoms with E-state index in [1.807, 2.05) is 36.9 Å². The SMILES string of the molecule is CCNc1nc(C)cc(N2CCN(C(=O)/C=C/c3cc(OC)c(OC)c(OC)c3)CC2)n1. The Morgan fingerprint density at radius 1 is 1.03 bits per heavy atom. The molecule has 172 valence electrons. The zero-order valence-corrected chi connectivity index (χ0v) is 19.3. The number of piperazine rings is 1. The van der Waals surface area contributed by atoms with Crippen molar-refractivity contribution in [3.63, 3.8) is 0 Å². The molecule has 2 heterocycles. The largest absolute Gasteiger partial charge is 0.493 e. The van der Waals surface area contributed by atoms with Crippen LogP contribution in [0.15, 0.2) is 24.3 Å². The molecule has 1 aliphatic rings. The Morgan fingerprint density at radius 2 is 1.69 bits per heavy atom. The van der Waals surface area contributed by atoms with E-state index in [2.05, 4.69) is 20.2 Å². The predicted octanol–water partition coefficient (Wildman–Crippen LogP) is 2.60. The lowest BCUT2D eigenvalue weighted by molar-refractivity contribution is -0.126. The van der Waals surface area contributed by atoms with Crippen LogP contribution in [0, 0.1) is 6.92 Å². The van der Waals surface area contributed by atoms with E-state index < -0.39 is 0 Å². The van der Waals surface area contributed by atoms with Crippen LogP contribution in [0.3, 0.4) is 0 Å². The second-order valence-electron chi connectivity index (χ2n) is 7.33. The summed E-state index contributed by atoms with van der Waals surface area (Å²) in [4.78, 5) is 25.8. The van der Waals surface area contributed by atoms with E-state index in [-0.39, 0.29) is 5.91 Å². The number of aryl methyl sites for hydroxylation is 1. The maximum Gasteiger partial charge on any atom is 0.246 e. The molecule has 32 heavy (non-hydrogen) atoms. The molecule has 9 heteroatoms. The molecule has 0 saturated carbocycles. The number of benzene rings is 1. The number of amides is 1. The highest BCUT2D eigenvalue weighted by Crippen LogP contribution is 2.38. The Labute approximate surface area is 189 Å². The van der Waals surface area contributed by atoms with E-state index in [0.29, 0.717) is 49.4 Å². The van der Waals surface area contributed by atoms with Crippen molar-refractivity contribution in [3.05, 3.63) is 35.5 Å². The van der Waals surface area contributed by atoms with Gasteiger partial charge in [0.15, 0.2) is 11.5 Å². The molecule has 1 amide bonds. The second-order valence-corrected chi connectivity index (χ2v) is 7.33. The fourth-order valence-electron chi connectivity index (χ4n) is 3.58. The van der Waals surface area contributed by atoms with Crippen LogP contribution in [0.25, 0.3) is 6.08 Å². The van der Waals surface area contributed by atoms with Gasteiger partial charge in [0.1, 0.15) is 5.82 Å². The Kier molecular flexibility index (Phi) is 7.75. The number of nitrogens with one attached hydrogen (secondary N) is 1. The number of anilines is 2. The topological polar surface area (TPSA) is 89.1 Å². The maximum absolute atomic E-state index is 12.7. The molecule has 0 aliphatic carbocycles. The lowest BCUT2D eigenvalue weighted by atomic mass is 10.1. The van der Waals surface area contributed by atoms with Crippen molar-refractivity contribution in [1.82, 2.24) is 14.9 Å². The van der Waals surface area contributed by atoms with Crippen LogP contribution < -0.4 is 24.4 Å². The molecule has 3 rings (SSSR count). The molecule has 0 spiro atoms. The number of ether oxygens (including phenoxy) is 3. The summed E-state index contributed by atoms with van der Waals surface area (Å²) in [5.41, 5.74) is 1.71. The fourth-order valence-corrected chi connectivity index (χ4v) is 3.58. The highest BCUT2D eigenvalue weighted by atomic mass is 16.5. The third kappa shape index (κ3) is 5.40. The van der Waals surface area contributed by atoms with Crippen LogP contribution >= 0.6 is 0 Å². The first kappa shape index (κ1) is 23.2. The third-order valence-electron chi connectivity index (χ3n) is 5.20. The van der Waals surface area contributed by atoms with E-state index in [1.54, 1.807) is 33.5 Å². The first-order valence-electron chi connectivity index (χ1n) is 10.6. The molecular weight excluding hydrogens is 410 g/mol. The van der Waals surface area contributed by atoms with Crippen LogP contribution in [0.4, 0.5) is 11.8 Å². The van der Waals surface area contributed by atoms with Crippen LogP contribution in [-0.4, -0.2) is 74.8 Å². The van der Waals surface area contributed by atoms with Crippen LogP contribution in [-0.2, 0) is 4.79 Å². The van der Waals surface area contributed by atoms with E-state index >= 15 is 0 Å². The zero-order valence-electron chi connectivity index (χ0n) is 19.3.